The molecule has 0 aliphatic heterocycles. The smallest absolute Gasteiger partial charge is 0.230 e. The van der Waals surface area contributed by atoms with Gasteiger partial charge in [0.1, 0.15) is 0 Å². The van der Waals surface area contributed by atoms with Crippen LogP contribution in [0, 0.1) is 12.8 Å². The molecular formula is C12H18N2O. The first-order chi connectivity index (χ1) is 7.25. The minimum atomic E-state index is 0.421. The van der Waals surface area contributed by atoms with Crippen molar-refractivity contribution in [1.29, 1.82) is 0 Å². The third-order valence-electron chi connectivity index (χ3n) is 3.03. The summed E-state index contributed by atoms with van der Waals surface area (Å²) in [6.07, 6.45) is 9.17. The van der Waals surface area contributed by atoms with E-state index in [1.54, 1.807) is 0 Å². The van der Waals surface area contributed by atoms with E-state index >= 15 is 0 Å². The van der Waals surface area contributed by atoms with E-state index in [9.17, 15) is 0 Å². The highest BCUT2D eigenvalue weighted by atomic mass is 16.5. The monoisotopic (exact) mass is 206 g/mol. The fourth-order valence-corrected chi connectivity index (χ4v) is 2.01. The summed E-state index contributed by atoms with van der Waals surface area (Å²) in [5.41, 5.74) is 0. The normalized spacial score (nSPS) is 27.3. The highest BCUT2D eigenvalue weighted by Gasteiger charge is 2.19. The first-order valence-corrected chi connectivity index (χ1v) is 5.71. The maximum atomic E-state index is 5.24. The van der Waals surface area contributed by atoms with Gasteiger partial charge in [-0.25, -0.2) is 0 Å². The van der Waals surface area contributed by atoms with Crippen LogP contribution in [0.25, 0.3) is 0 Å². The lowest BCUT2D eigenvalue weighted by Gasteiger charge is -2.16. The van der Waals surface area contributed by atoms with Crippen LogP contribution in [-0.4, -0.2) is 10.1 Å². The van der Waals surface area contributed by atoms with Crippen molar-refractivity contribution in [3.8, 4) is 0 Å². The number of nitrogens with zero attached hydrogens (tertiary/aromatic N) is 2. The van der Waals surface area contributed by atoms with Crippen molar-refractivity contribution in [2.75, 3.05) is 0 Å². The van der Waals surface area contributed by atoms with E-state index < -0.39 is 0 Å². The van der Waals surface area contributed by atoms with Crippen molar-refractivity contribution >= 4 is 0 Å². The van der Waals surface area contributed by atoms with Crippen LogP contribution >= 0.6 is 0 Å². The van der Waals surface area contributed by atoms with Crippen molar-refractivity contribution in [3.63, 3.8) is 0 Å². The molecule has 0 saturated carbocycles. The van der Waals surface area contributed by atoms with Crippen LogP contribution in [0.1, 0.15) is 50.2 Å². The molecule has 1 heterocycles. The predicted octanol–water partition coefficient (Wildman–Crippen LogP) is 3.23. The highest BCUT2D eigenvalue weighted by molar-refractivity contribution is 4.99. The molecule has 0 fully saturated rings. The Morgan fingerprint density at radius 2 is 2.07 bits per heavy atom. The summed E-state index contributed by atoms with van der Waals surface area (Å²) in [6.45, 7) is 4.17. The van der Waals surface area contributed by atoms with E-state index in [1.165, 1.54) is 12.8 Å². The second-order valence-corrected chi connectivity index (χ2v) is 4.50. The Kier molecular flexibility index (Phi) is 3.19. The van der Waals surface area contributed by atoms with Gasteiger partial charge in [-0.2, -0.15) is 4.98 Å². The van der Waals surface area contributed by atoms with Gasteiger partial charge in [-0.1, -0.05) is 24.2 Å². The van der Waals surface area contributed by atoms with Gasteiger partial charge in [0.25, 0.3) is 0 Å². The van der Waals surface area contributed by atoms with Gasteiger partial charge in [-0.3, -0.25) is 0 Å². The third kappa shape index (κ3) is 2.67. The molecule has 0 N–H and O–H groups in total. The molecule has 82 valence electrons. The molecule has 15 heavy (non-hydrogen) atoms. The maximum absolute atomic E-state index is 5.24. The number of hydrogen-bond donors (Lipinski definition) is 0. The fraction of sp³-hybridized carbons (Fsp3) is 0.667. The van der Waals surface area contributed by atoms with E-state index in [0.717, 1.165) is 30.5 Å². The Bertz CT molecular complexity index is 343. The Morgan fingerprint density at radius 1 is 1.27 bits per heavy atom. The predicted molar refractivity (Wildman–Crippen MR) is 58.5 cm³/mol. The number of allylic oxidation sites excluding steroid dienone is 2. The summed E-state index contributed by atoms with van der Waals surface area (Å²) < 4.78 is 5.24. The highest BCUT2D eigenvalue weighted by Crippen LogP contribution is 2.29. The molecule has 0 spiro atoms. The molecule has 3 heteroatoms. The van der Waals surface area contributed by atoms with E-state index in [0.29, 0.717) is 5.92 Å². The van der Waals surface area contributed by atoms with Crippen LogP contribution < -0.4 is 0 Å². The van der Waals surface area contributed by atoms with Crippen molar-refractivity contribution in [2.45, 2.75) is 45.4 Å². The lowest BCUT2D eigenvalue weighted by atomic mass is 9.90. The molecule has 3 nitrogen and oxygen atoms in total. The van der Waals surface area contributed by atoms with Crippen LogP contribution in [-0.2, 0) is 0 Å². The topological polar surface area (TPSA) is 38.9 Å². The summed E-state index contributed by atoms with van der Waals surface area (Å²) in [6, 6.07) is 0. The second-order valence-electron chi connectivity index (χ2n) is 4.50. The van der Waals surface area contributed by atoms with Crippen LogP contribution in [0.4, 0.5) is 0 Å². The van der Waals surface area contributed by atoms with Crippen LogP contribution in [0.3, 0.4) is 0 Å². The van der Waals surface area contributed by atoms with Gasteiger partial charge in [0.05, 0.1) is 0 Å². The largest absolute Gasteiger partial charge is 0.339 e. The number of rotatable bonds is 1. The number of hydrogen-bond acceptors (Lipinski definition) is 3. The molecule has 2 rings (SSSR count). The van der Waals surface area contributed by atoms with Crippen molar-refractivity contribution in [2.24, 2.45) is 5.92 Å². The molecule has 0 aromatic carbocycles. The zero-order chi connectivity index (χ0) is 10.7. The Labute approximate surface area is 90.6 Å². The van der Waals surface area contributed by atoms with Gasteiger partial charge < -0.3 is 4.52 Å². The van der Waals surface area contributed by atoms with Gasteiger partial charge in [-0.05, 0) is 38.5 Å². The fourth-order valence-electron chi connectivity index (χ4n) is 2.01. The maximum Gasteiger partial charge on any atom is 0.230 e. The summed E-state index contributed by atoms with van der Waals surface area (Å²) in [7, 11) is 0. The van der Waals surface area contributed by atoms with E-state index in [2.05, 4.69) is 29.2 Å². The van der Waals surface area contributed by atoms with Crippen LogP contribution in [0.2, 0.25) is 0 Å². The minimum Gasteiger partial charge on any atom is -0.339 e. The first-order valence-electron chi connectivity index (χ1n) is 5.71. The van der Waals surface area contributed by atoms with Gasteiger partial charge in [0.15, 0.2) is 5.82 Å². The molecule has 1 aromatic heterocycles. The number of aromatic nitrogens is 2. The van der Waals surface area contributed by atoms with Gasteiger partial charge in [0.2, 0.25) is 5.89 Å². The summed E-state index contributed by atoms with van der Waals surface area (Å²) in [4.78, 5) is 4.32. The average molecular weight is 206 g/mol. The Morgan fingerprint density at radius 3 is 2.80 bits per heavy atom. The van der Waals surface area contributed by atoms with E-state index in [-0.39, 0.29) is 0 Å². The molecule has 0 bridgehead atoms. The number of aryl methyl sites for hydroxylation is 1. The molecule has 1 aromatic rings. The minimum absolute atomic E-state index is 0.421. The summed E-state index contributed by atoms with van der Waals surface area (Å²) in [5.74, 6) is 2.74. The summed E-state index contributed by atoms with van der Waals surface area (Å²) >= 11 is 0. The van der Waals surface area contributed by atoms with Crippen molar-refractivity contribution in [1.82, 2.24) is 10.1 Å². The summed E-state index contributed by atoms with van der Waals surface area (Å²) in [5, 5.41) is 3.85. The first kappa shape index (κ1) is 10.4. The van der Waals surface area contributed by atoms with Gasteiger partial charge in [0, 0.05) is 5.92 Å². The Balaban J connectivity index is 2.08. The zero-order valence-corrected chi connectivity index (χ0v) is 9.44. The third-order valence-corrected chi connectivity index (χ3v) is 3.03. The van der Waals surface area contributed by atoms with E-state index in [4.69, 9.17) is 4.52 Å². The quantitative estimate of drug-likeness (QED) is 0.662. The van der Waals surface area contributed by atoms with Crippen molar-refractivity contribution in [3.05, 3.63) is 23.9 Å². The zero-order valence-electron chi connectivity index (χ0n) is 9.44. The second kappa shape index (κ2) is 4.60. The molecule has 2 unspecified atom stereocenters. The Hall–Kier alpha value is -1.12. The molecule has 0 saturated heterocycles. The molecular weight excluding hydrogens is 188 g/mol. The van der Waals surface area contributed by atoms with Crippen molar-refractivity contribution < 1.29 is 4.52 Å². The molecule has 2 atom stereocenters. The SMILES string of the molecule is Cc1noc(C2CC=CCC(C)CC2)n1. The average Bonchev–Trinajstić information content (AvgIpc) is 2.59. The van der Waals surface area contributed by atoms with Crippen LogP contribution in [0.15, 0.2) is 16.7 Å². The lowest BCUT2D eigenvalue weighted by molar-refractivity contribution is 0.331. The molecule has 1 aliphatic rings. The van der Waals surface area contributed by atoms with Gasteiger partial charge in [-0.15, -0.1) is 0 Å². The standard InChI is InChI=1S/C12H18N2O/c1-9-5-3-4-6-11(8-7-9)12-13-10(2)14-15-12/h3-4,9,11H,5-8H2,1-2H3. The van der Waals surface area contributed by atoms with Crippen LogP contribution in [0.5, 0.6) is 0 Å². The van der Waals surface area contributed by atoms with Gasteiger partial charge >= 0.3 is 0 Å². The lowest BCUT2D eigenvalue weighted by Crippen LogP contribution is -2.04. The molecule has 0 radical (unpaired) electrons. The van der Waals surface area contributed by atoms with E-state index in [1.807, 2.05) is 6.92 Å². The molecule has 0 amide bonds. The molecule has 1 aliphatic carbocycles.